The molecule has 0 spiro atoms. The van der Waals surface area contributed by atoms with Crippen molar-refractivity contribution in [3.8, 4) is 5.75 Å². The average molecular weight is 341 g/mol. The number of benzene rings is 2. The van der Waals surface area contributed by atoms with Gasteiger partial charge in [0.2, 0.25) is 5.91 Å². The van der Waals surface area contributed by atoms with E-state index in [1.165, 1.54) is 6.92 Å². The molecule has 1 aromatic heterocycles. The first kappa shape index (κ1) is 16.3. The van der Waals surface area contributed by atoms with Crippen LogP contribution in [-0.4, -0.2) is 16.0 Å². The summed E-state index contributed by atoms with van der Waals surface area (Å²) in [6.45, 7) is 1.45. The van der Waals surface area contributed by atoms with Crippen molar-refractivity contribution in [3.05, 3.63) is 70.9 Å². The third kappa shape index (κ3) is 3.34. The fourth-order valence-electron chi connectivity index (χ4n) is 2.81. The maximum absolute atomic E-state index is 11.6. The number of aromatic nitrogens is 1. The predicted molar refractivity (Wildman–Crippen MR) is 95.1 cm³/mol. The number of carbonyl (C=O) groups is 1. The molecule has 2 N–H and O–H groups in total. The van der Waals surface area contributed by atoms with Crippen molar-refractivity contribution in [2.45, 2.75) is 19.4 Å². The lowest BCUT2D eigenvalue weighted by Crippen LogP contribution is -2.27. The molecule has 5 heteroatoms. The number of hydrogen-bond acceptors (Lipinski definition) is 3. The second-order valence-corrected chi connectivity index (χ2v) is 6.05. The maximum atomic E-state index is 11.6. The van der Waals surface area contributed by atoms with Crippen molar-refractivity contribution in [3.63, 3.8) is 0 Å². The molecule has 0 aliphatic rings. The van der Waals surface area contributed by atoms with E-state index >= 15 is 0 Å². The quantitative estimate of drug-likeness (QED) is 0.754. The molecular formula is C19H17ClN2O2. The van der Waals surface area contributed by atoms with Gasteiger partial charge in [-0.05, 0) is 30.2 Å². The van der Waals surface area contributed by atoms with Crippen LogP contribution in [-0.2, 0) is 11.2 Å². The Morgan fingerprint density at radius 3 is 2.71 bits per heavy atom. The zero-order valence-corrected chi connectivity index (χ0v) is 13.9. The van der Waals surface area contributed by atoms with Gasteiger partial charge in [-0.3, -0.25) is 9.78 Å². The molecule has 0 fully saturated rings. The number of rotatable bonds is 4. The number of carbonyl (C=O) groups excluding carboxylic acids is 1. The highest BCUT2D eigenvalue weighted by molar-refractivity contribution is 6.35. The van der Waals surface area contributed by atoms with Gasteiger partial charge in [-0.1, -0.05) is 41.9 Å². The number of amides is 1. The minimum absolute atomic E-state index is 0.0460. The molecule has 1 amide bonds. The van der Waals surface area contributed by atoms with Gasteiger partial charge >= 0.3 is 0 Å². The minimum Gasteiger partial charge on any atom is -0.505 e. The molecule has 2 aromatic carbocycles. The maximum Gasteiger partial charge on any atom is 0.217 e. The summed E-state index contributed by atoms with van der Waals surface area (Å²) >= 11 is 6.35. The van der Waals surface area contributed by atoms with Crippen molar-refractivity contribution >= 4 is 28.4 Å². The van der Waals surface area contributed by atoms with Crippen molar-refractivity contribution in [2.75, 3.05) is 0 Å². The van der Waals surface area contributed by atoms with E-state index in [2.05, 4.69) is 10.3 Å². The fourth-order valence-corrected chi connectivity index (χ4v) is 3.08. The Morgan fingerprint density at radius 1 is 1.25 bits per heavy atom. The van der Waals surface area contributed by atoms with Crippen molar-refractivity contribution in [1.29, 1.82) is 0 Å². The van der Waals surface area contributed by atoms with E-state index < -0.39 is 6.04 Å². The number of aromatic hydroxyl groups is 1. The van der Waals surface area contributed by atoms with Crippen LogP contribution < -0.4 is 5.32 Å². The van der Waals surface area contributed by atoms with Crippen LogP contribution in [0.25, 0.3) is 10.9 Å². The first-order valence-corrected chi connectivity index (χ1v) is 8.01. The Balaban J connectivity index is 2.08. The Hall–Kier alpha value is -2.59. The summed E-state index contributed by atoms with van der Waals surface area (Å²) < 4.78 is 0. The van der Waals surface area contributed by atoms with Gasteiger partial charge in [0.15, 0.2) is 0 Å². The normalized spacial score (nSPS) is 12.1. The van der Waals surface area contributed by atoms with Gasteiger partial charge < -0.3 is 10.4 Å². The monoisotopic (exact) mass is 340 g/mol. The largest absolute Gasteiger partial charge is 0.505 e. The molecule has 1 heterocycles. The molecule has 0 radical (unpaired) electrons. The van der Waals surface area contributed by atoms with Gasteiger partial charge in [-0.15, -0.1) is 0 Å². The van der Waals surface area contributed by atoms with Crippen LogP contribution in [0, 0.1) is 0 Å². The first-order valence-electron chi connectivity index (χ1n) is 7.63. The molecule has 0 saturated carbocycles. The highest BCUT2D eigenvalue weighted by atomic mass is 35.5. The van der Waals surface area contributed by atoms with E-state index in [-0.39, 0.29) is 11.7 Å². The van der Waals surface area contributed by atoms with E-state index in [0.717, 1.165) is 5.56 Å². The molecule has 0 saturated heterocycles. The van der Waals surface area contributed by atoms with Crippen LogP contribution in [0.1, 0.15) is 24.1 Å². The van der Waals surface area contributed by atoms with Crippen LogP contribution in [0.3, 0.4) is 0 Å². The molecule has 3 aromatic rings. The van der Waals surface area contributed by atoms with E-state index in [4.69, 9.17) is 11.6 Å². The number of phenolic OH excluding ortho intramolecular Hbond substituents is 1. The van der Waals surface area contributed by atoms with E-state index in [0.29, 0.717) is 27.9 Å². The van der Waals surface area contributed by atoms with Crippen LogP contribution in [0.15, 0.2) is 54.7 Å². The lowest BCUT2D eigenvalue weighted by molar-refractivity contribution is -0.119. The predicted octanol–water partition coefficient (Wildman–Crippen LogP) is 4.01. The Bertz CT molecular complexity index is 881. The van der Waals surface area contributed by atoms with Crippen LogP contribution in [0.5, 0.6) is 5.75 Å². The van der Waals surface area contributed by atoms with Gasteiger partial charge in [-0.25, -0.2) is 0 Å². The number of phenols is 1. The third-order valence-electron chi connectivity index (χ3n) is 3.88. The lowest BCUT2D eigenvalue weighted by atomic mass is 9.96. The topological polar surface area (TPSA) is 62.2 Å². The molecule has 0 aliphatic heterocycles. The number of pyridine rings is 1. The van der Waals surface area contributed by atoms with Gasteiger partial charge in [0.1, 0.15) is 11.3 Å². The van der Waals surface area contributed by atoms with Crippen molar-refractivity contribution in [1.82, 2.24) is 10.3 Å². The molecule has 0 aliphatic carbocycles. The zero-order chi connectivity index (χ0) is 17.1. The van der Waals surface area contributed by atoms with E-state index in [9.17, 15) is 9.90 Å². The Kier molecular flexibility index (Phi) is 4.67. The molecule has 0 bridgehead atoms. The van der Waals surface area contributed by atoms with Crippen molar-refractivity contribution < 1.29 is 9.90 Å². The van der Waals surface area contributed by atoms with Crippen LogP contribution >= 0.6 is 11.6 Å². The van der Waals surface area contributed by atoms with Crippen LogP contribution in [0.2, 0.25) is 5.02 Å². The summed E-state index contributed by atoms with van der Waals surface area (Å²) in [6.07, 6.45) is 2.15. The lowest BCUT2D eigenvalue weighted by Gasteiger charge is -2.21. The standard InChI is InChI=1S/C19H17ClN2O2/c1-12(23)22-17(10-13-6-3-2-4-7-13)15-11-16(20)14-8-5-9-21-18(14)19(15)24/h2-9,11,17,24H,10H2,1H3,(H,22,23). The van der Waals surface area contributed by atoms with Crippen LogP contribution in [0.4, 0.5) is 0 Å². The van der Waals surface area contributed by atoms with Crippen molar-refractivity contribution in [2.24, 2.45) is 0 Å². The number of hydrogen-bond donors (Lipinski definition) is 2. The molecular weight excluding hydrogens is 324 g/mol. The summed E-state index contributed by atoms with van der Waals surface area (Å²) in [7, 11) is 0. The van der Waals surface area contributed by atoms with E-state index in [1.807, 2.05) is 30.3 Å². The molecule has 24 heavy (non-hydrogen) atoms. The Labute approximate surface area is 145 Å². The number of halogens is 1. The smallest absolute Gasteiger partial charge is 0.217 e. The highest BCUT2D eigenvalue weighted by Crippen LogP contribution is 2.37. The third-order valence-corrected chi connectivity index (χ3v) is 4.19. The number of fused-ring (bicyclic) bond motifs is 1. The number of nitrogens with one attached hydrogen (secondary N) is 1. The Morgan fingerprint density at radius 2 is 2.00 bits per heavy atom. The summed E-state index contributed by atoms with van der Waals surface area (Å²) in [5.41, 5.74) is 2.04. The highest BCUT2D eigenvalue weighted by Gasteiger charge is 2.21. The van der Waals surface area contributed by atoms with Gasteiger partial charge in [0.25, 0.3) is 0 Å². The molecule has 1 atom stereocenters. The zero-order valence-electron chi connectivity index (χ0n) is 13.2. The summed E-state index contributed by atoms with van der Waals surface area (Å²) in [4.78, 5) is 15.9. The minimum atomic E-state index is -0.395. The second-order valence-electron chi connectivity index (χ2n) is 5.64. The van der Waals surface area contributed by atoms with E-state index in [1.54, 1.807) is 24.4 Å². The molecule has 4 nitrogen and oxygen atoms in total. The number of nitrogens with zero attached hydrogens (tertiary/aromatic N) is 1. The molecule has 122 valence electrons. The van der Waals surface area contributed by atoms with Gasteiger partial charge in [0.05, 0.1) is 11.1 Å². The summed E-state index contributed by atoms with van der Waals surface area (Å²) in [5.74, 6) is -0.128. The molecule has 3 rings (SSSR count). The summed E-state index contributed by atoms with van der Waals surface area (Å²) in [5, 5.41) is 14.7. The first-order chi connectivity index (χ1) is 11.6. The molecule has 1 unspecified atom stereocenters. The SMILES string of the molecule is CC(=O)NC(Cc1ccccc1)c1cc(Cl)c2cccnc2c1O. The van der Waals surface area contributed by atoms with Gasteiger partial charge in [0, 0.05) is 24.1 Å². The summed E-state index contributed by atoms with van der Waals surface area (Å²) in [6, 6.07) is 14.6. The average Bonchev–Trinajstić information content (AvgIpc) is 2.58. The fraction of sp³-hybridized carbons (Fsp3) is 0.158. The second kappa shape index (κ2) is 6.89. The van der Waals surface area contributed by atoms with Gasteiger partial charge in [-0.2, -0.15) is 0 Å².